The van der Waals surface area contributed by atoms with Gasteiger partial charge in [-0.15, -0.1) is 0 Å². The molecule has 0 radical (unpaired) electrons. The van der Waals surface area contributed by atoms with Gasteiger partial charge < -0.3 is 0 Å². The first-order valence-electron chi connectivity index (χ1n) is 2.92. The molecule has 0 bridgehead atoms. The predicted octanol–water partition coefficient (Wildman–Crippen LogP) is 4.66. The van der Waals surface area contributed by atoms with Crippen LogP contribution in [0, 0.1) is 0 Å². The van der Waals surface area contributed by atoms with Crippen molar-refractivity contribution in [2.75, 3.05) is 0 Å². The van der Waals surface area contributed by atoms with Gasteiger partial charge in [0.15, 0.2) is 0 Å². The van der Waals surface area contributed by atoms with Gasteiger partial charge in [-0.25, -0.2) is 0 Å². The van der Waals surface area contributed by atoms with Gasteiger partial charge in [0.05, 0.1) is 0 Å². The van der Waals surface area contributed by atoms with Crippen LogP contribution in [0.3, 0.4) is 0 Å². The van der Waals surface area contributed by atoms with Crippen LogP contribution in [0.25, 0.3) is 0 Å². The van der Waals surface area contributed by atoms with Gasteiger partial charge in [0.2, 0.25) is 0 Å². The first-order chi connectivity index (χ1) is 5.59. The smallest absolute Gasteiger partial charge is 0.268 e. The van der Waals surface area contributed by atoms with Crippen LogP contribution < -0.4 is 0 Å². The lowest BCUT2D eigenvalue weighted by Gasteiger charge is -1.99. The molecule has 0 spiro atoms. The van der Waals surface area contributed by atoms with E-state index in [1.807, 2.05) is 18.2 Å². The second-order valence-corrected chi connectivity index (χ2v) is 5.27. The van der Waals surface area contributed by atoms with Crippen molar-refractivity contribution in [2.24, 2.45) is 0 Å². The molecule has 0 unspecified atom stereocenters. The monoisotopic (exact) mass is 328 g/mol. The number of benzene rings is 1. The van der Waals surface area contributed by atoms with Crippen LogP contribution in [0.4, 0.5) is 4.79 Å². The summed E-state index contributed by atoms with van der Waals surface area (Å²) in [4.78, 5) is 11.4. The van der Waals surface area contributed by atoms with E-state index in [0.717, 1.165) is 25.6 Å². The molecule has 64 valence electrons. The SMILES string of the molecule is O=C(Cl)Sc1cc(Br)ccc1Br. The number of hydrogen-bond donors (Lipinski definition) is 0. The maximum Gasteiger partial charge on any atom is 0.284 e. The molecule has 1 aromatic carbocycles. The van der Waals surface area contributed by atoms with Gasteiger partial charge in [-0.2, -0.15) is 0 Å². The minimum Gasteiger partial charge on any atom is -0.268 e. The zero-order valence-electron chi connectivity index (χ0n) is 5.68. The molecule has 1 nitrogen and oxygen atoms in total. The molecule has 5 heteroatoms. The topological polar surface area (TPSA) is 17.1 Å². The van der Waals surface area contributed by atoms with Gasteiger partial charge in [0, 0.05) is 13.8 Å². The standard InChI is InChI=1S/C7H3Br2ClOS/c8-4-1-2-5(9)6(3-4)12-7(10)11/h1-3H. The predicted molar refractivity (Wildman–Crippen MR) is 58.9 cm³/mol. The van der Waals surface area contributed by atoms with Gasteiger partial charge in [0.25, 0.3) is 4.57 Å². The molecule has 1 aromatic rings. The summed E-state index contributed by atoms with van der Waals surface area (Å²) in [5.41, 5.74) is 0. The van der Waals surface area contributed by atoms with E-state index < -0.39 is 4.57 Å². The van der Waals surface area contributed by atoms with Crippen LogP contribution >= 0.6 is 55.2 Å². The summed E-state index contributed by atoms with van der Waals surface area (Å²) in [6, 6.07) is 5.56. The highest BCUT2D eigenvalue weighted by Gasteiger charge is 2.05. The Hall–Kier alpha value is 0.490. The third-order valence-electron chi connectivity index (χ3n) is 1.08. The molecule has 0 heterocycles. The summed E-state index contributed by atoms with van der Waals surface area (Å²) in [6.07, 6.45) is 0. The van der Waals surface area contributed by atoms with Gasteiger partial charge >= 0.3 is 0 Å². The van der Waals surface area contributed by atoms with Crippen molar-refractivity contribution >= 4 is 59.8 Å². The van der Waals surface area contributed by atoms with E-state index in [0.29, 0.717) is 0 Å². The molecule has 0 atom stereocenters. The molecule has 0 aliphatic heterocycles. The van der Waals surface area contributed by atoms with Gasteiger partial charge in [-0.1, -0.05) is 15.9 Å². The number of thioether (sulfide) groups is 1. The minimum absolute atomic E-state index is 0.436. The van der Waals surface area contributed by atoms with E-state index in [-0.39, 0.29) is 0 Å². The zero-order valence-corrected chi connectivity index (χ0v) is 10.4. The van der Waals surface area contributed by atoms with Crippen molar-refractivity contribution < 1.29 is 4.79 Å². The first-order valence-corrected chi connectivity index (χ1v) is 5.70. The fourth-order valence-electron chi connectivity index (χ4n) is 0.642. The largest absolute Gasteiger partial charge is 0.284 e. The van der Waals surface area contributed by atoms with Crippen LogP contribution in [0.5, 0.6) is 0 Å². The average Bonchev–Trinajstić information content (AvgIpc) is 1.96. The Morgan fingerprint density at radius 2 is 2.08 bits per heavy atom. The molecule has 0 aromatic heterocycles. The number of carbonyl (C=O) groups is 1. The van der Waals surface area contributed by atoms with Crippen LogP contribution in [-0.2, 0) is 0 Å². The van der Waals surface area contributed by atoms with E-state index in [4.69, 9.17) is 11.6 Å². The van der Waals surface area contributed by atoms with E-state index in [9.17, 15) is 4.79 Å². The third kappa shape index (κ3) is 3.09. The molecule has 0 N–H and O–H groups in total. The van der Waals surface area contributed by atoms with Crippen LogP contribution in [-0.4, -0.2) is 4.57 Å². The molecule has 0 saturated carbocycles. The van der Waals surface area contributed by atoms with Gasteiger partial charge in [-0.05, 0) is 57.5 Å². The highest BCUT2D eigenvalue weighted by atomic mass is 79.9. The molecule has 0 saturated heterocycles. The number of rotatable bonds is 1. The average molecular weight is 330 g/mol. The summed E-state index contributed by atoms with van der Waals surface area (Å²) in [7, 11) is 0. The van der Waals surface area contributed by atoms with Crippen LogP contribution in [0.15, 0.2) is 32.0 Å². The summed E-state index contributed by atoms with van der Waals surface area (Å²) < 4.78 is 1.35. The Kier molecular flexibility index (Phi) is 4.10. The number of carbonyl (C=O) groups excluding carboxylic acids is 1. The zero-order chi connectivity index (χ0) is 9.14. The maximum atomic E-state index is 10.6. The van der Waals surface area contributed by atoms with E-state index >= 15 is 0 Å². The molecule has 1 rings (SSSR count). The van der Waals surface area contributed by atoms with Crippen LogP contribution in [0.2, 0.25) is 0 Å². The Morgan fingerprint density at radius 3 is 2.67 bits per heavy atom. The second kappa shape index (κ2) is 4.65. The summed E-state index contributed by atoms with van der Waals surface area (Å²) in [6.45, 7) is 0. The van der Waals surface area contributed by atoms with Crippen molar-refractivity contribution in [1.29, 1.82) is 0 Å². The van der Waals surface area contributed by atoms with E-state index in [2.05, 4.69) is 31.9 Å². The summed E-state index contributed by atoms with van der Waals surface area (Å²) in [5, 5.41) is 0. The van der Waals surface area contributed by atoms with Crippen LogP contribution in [0.1, 0.15) is 0 Å². The Bertz CT molecular complexity index is 316. The minimum atomic E-state index is -0.436. The Balaban J connectivity index is 2.97. The van der Waals surface area contributed by atoms with Crippen molar-refractivity contribution in [3.63, 3.8) is 0 Å². The third-order valence-corrected chi connectivity index (χ3v) is 3.48. The van der Waals surface area contributed by atoms with E-state index in [1.54, 1.807) is 0 Å². The molecule has 0 aliphatic rings. The number of halogens is 3. The van der Waals surface area contributed by atoms with Crippen molar-refractivity contribution in [3.05, 3.63) is 27.1 Å². The fourth-order valence-corrected chi connectivity index (χ4v) is 2.42. The molecule has 0 fully saturated rings. The second-order valence-electron chi connectivity index (χ2n) is 1.91. The molecule has 0 aliphatic carbocycles. The normalized spacial score (nSPS) is 9.92. The Morgan fingerprint density at radius 1 is 1.42 bits per heavy atom. The lowest BCUT2D eigenvalue weighted by molar-refractivity contribution is 0.276. The highest BCUT2D eigenvalue weighted by Crippen LogP contribution is 2.31. The quantitative estimate of drug-likeness (QED) is 0.550. The molecular weight excluding hydrogens is 327 g/mol. The molecule has 0 amide bonds. The summed E-state index contributed by atoms with van der Waals surface area (Å²) >= 11 is 12.8. The lowest BCUT2D eigenvalue weighted by atomic mass is 10.4. The summed E-state index contributed by atoms with van der Waals surface area (Å²) in [5.74, 6) is 0. The first kappa shape index (κ1) is 10.6. The van der Waals surface area contributed by atoms with Gasteiger partial charge in [0.1, 0.15) is 0 Å². The van der Waals surface area contributed by atoms with Crippen molar-refractivity contribution in [1.82, 2.24) is 0 Å². The van der Waals surface area contributed by atoms with Gasteiger partial charge in [-0.3, -0.25) is 4.79 Å². The maximum absolute atomic E-state index is 10.6. The Labute approximate surface area is 96.1 Å². The fraction of sp³-hybridized carbons (Fsp3) is 0. The van der Waals surface area contributed by atoms with Crippen molar-refractivity contribution in [3.8, 4) is 0 Å². The van der Waals surface area contributed by atoms with Crippen molar-refractivity contribution in [2.45, 2.75) is 4.90 Å². The molecule has 12 heavy (non-hydrogen) atoms. The lowest BCUT2D eigenvalue weighted by Crippen LogP contribution is -1.78. The number of hydrogen-bond acceptors (Lipinski definition) is 2. The highest BCUT2D eigenvalue weighted by molar-refractivity contribution is 9.11. The molecular formula is C7H3Br2ClOS. The van der Waals surface area contributed by atoms with E-state index in [1.165, 1.54) is 0 Å².